The van der Waals surface area contributed by atoms with Gasteiger partial charge in [-0.15, -0.1) is 11.3 Å². The van der Waals surface area contributed by atoms with Gasteiger partial charge >= 0.3 is 5.97 Å². The van der Waals surface area contributed by atoms with Gasteiger partial charge in [-0.05, 0) is 55.6 Å². The van der Waals surface area contributed by atoms with Crippen LogP contribution in [0.3, 0.4) is 0 Å². The fourth-order valence-corrected chi connectivity index (χ4v) is 6.42. The summed E-state index contributed by atoms with van der Waals surface area (Å²) in [5.41, 5.74) is 2.11. The Morgan fingerprint density at radius 3 is 2.71 bits per heavy atom. The number of nitrogens with zero attached hydrogens (tertiary/aromatic N) is 2. The number of carbonyl (C=O) groups excluding carboxylic acids is 1. The molecule has 6 nitrogen and oxygen atoms in total. The van der Waals surface area contributed by atoms with Crippen LogP contribution in [0.4, 0.5) is 0 Å². The highest BCUT2D eigenvalue weighted by molar-refractivity contribution is 7.10. The van der Waals surface area contributed by atoms with Gasteiger partial charge in [0.15, 0.2) is 4.80 Å². The molecule has 0 spiro atoms. The van der Waals surface area contributed by atoms with Crippen molar-refractivity contribution >= 4 is 57.9 Å². The molecule has 0 aliphatic carbocycles. The molecule has 0 radical (unpaired) electrons. The van der Waals surface area contributed by atoms with Crippen LogP contribution in [-0.2, 0) is 16.1 Å². The first-order valence-electron chi connectivity index (χ1n) is 11.8. The Morgan fingerprint density at radius 2 is 1.97 bits per heavy atom. The second-order valence-electron chi connectivity index (χ2n) is 8.38. The number of hydrogen-bond acceptors (Lipinski definition) is 7. The molecule has 2 aromatic carbocycles. The fourth-order valence-electron chi connectivity index (χ4n) is 4.18. The van der Waals surface area contributed by atoms with Gasteiger partial charge in [0.2, 0.25) is 0 Å². The Morgan fingerprint density at radius 1 is 1.16 bits per heavy atom. The summed E-state index contributed by atoms with van der Waals surface area (Å²) in [7, 11) is 0. The Kier molecular flexibility index (Phi) is 7.85. The average molecular weight is 586 g/mol. The van der Waals surface area contributed by atoms with Crippen LogP contribution >= 0.6 is 45.9 Å². The lowest BCUT2D eigenvalue weighted by atomic mass is 10.0. The Bertz CT molecular complexity index is 1720. The van der Waals surface area contributed by atoms with Crippen molar-refractivity contribution in [3.8, 4) is 5.75 Å². The second kappa shape index (κ2) is 11.3. The molecule has 0 unspecified atom stereocenters. The highest BCUT2D eigenvalue weighted by atomic mass is 35.5. The van der Waals surface area contributed by atoms with Crippen LogP contribution in [0.5, 0.6) is 5.75 Å². The minimum atomic E-state index is -0.622. The summed E-state index contributed by atoms with van der Waals surface area (Å²) >= 11 is 15.3. The monoisotopic (exact) mass is 584 g/mol. The van der Waals surface area contributed by atoms with Gasteiger partial charge < -0.3 is 9.47 Å². The molecule has 0 saturated heterocycles. The maximum atomic E-state index is 13.8. The van der Waals surface area contributed by atoms with Crippen molar-refractivity contribution in [2.24, 2.45) is 4.99 Å². The van der Waals surface area contributed by atoms with E-state index in [2.05, 4.69) is 4.99 Å². The van der Waals surface area contributed by atoms with E-state index in [1.807, 2.05) is 35.7 Å². The lowest BCUT2D eigenvalue weighted by Gasteiger charge is -2.23. The summed E-state index contributed by atoms with van der Waals surface area (Å²) in [5, 5.41) is 3.03. The zero-order valence-electron chi connectivity index (χ0n) is 20.4. The van der Waals surface area contributed by atoms with E-state index in [1.165, 1.54) is 22.7 Å². The highest BCUT2D eigenvalue weighted by Gasteiger charge is 2.33. The zero-order valence-corrected chi connectivity index (χ0v) is 23.6. The molecule has 1 atom stereocenters. The van der Waals surface area contributed by atoms with Crippen molar-refractivity contribution in [2.45, 2.75) is 26.5 Å². The SMILES string of the molecule is CCOC(=O)C1=C(C)N=c2s/c(=C\c3cc(Cl)ccc3OCc3ccccc3Cl)c(=O)n2[C@@H]1c1cccs1. The number of halogens is 2. The predicted molar refractivity (Wildman–Crippen MR) is 152 cm³/mol. The van der Waals surface area contributed by atoms with Crippen LogP contribution in [0.2, 0.25) is 10.0 Å². The highest BCUT2D eigenvalue weighted by Crippen LogP contribution is 2.33. The van der Waals surface area contributed by atoms with E-state index in [0.29, 0.717) is 42.0 Å². The first kappa shape index (κ1) is 26.4. The number of fused-ring (bicyclic) bond motifs is 1. The first-order valence-corrected chi connectivity index (χ1v) is 14.2. The van der Waals surface area contributed by atoms with Crippen LogP contribution < -0.4 is 19.6 Å². The number of thiophene rings is 1. The lowest BCUT2D eigenvalue weighted by molar-refractivity contribution is -0.139. The maximum absolute atomic E-state index is 13.8. The van der Waals surface area contributed by atoms with Crippen LogP contribution in [0.15, 0.2) is 81.0 Å². The van der Waals surface area contributed by atoms with Crippen molar-refractivity contribution in [2.75, 3.05) is 6.61 Å². The zero-order chi connectivity index (χ0) is 26.8. The third-order valence-electron chi connectivity index (χ3n) is 5.93. The number of hydrogen-bond donors (Lipinski definition) is 0. The Balaban J connectivity index is 1.60. The van der Waals surface area contributed by atoms with Gasteiger partial charge in [0.1, 0.15) is 18.4 Å². The molecule has 194 valence electrons. The molecule has 0 bridgehead atoms. The van der Waals surface area contributed by atoms with Gasteiger partial charge in [-0.25, -0.2) is 9.79 Å². The van der Waals surface area contributed by atoms with Gasteiger partial charge in [0.05, 0.1) is 22.4 Å². The van der Waals surface area contributed by atoms with E-state index in [-0.39, 0.29) is 18.8 Å². The minimum Gasteiger partial charge on any atom is -0.488 e. The summed E-state index contributed by atoms with van der Waals surface area (Å²) in [5.74, 6) is 0.0740. The van der Waals surface area contributed by atoms with E-state index in [0.717, 1.165) is 10.4 Å². The number of aromatic nitrogens is 1. The molecule has 3 heterocycles. The molecule has 5 rings (SSSR count). The first-order chi connectivity index (χ1) is 18.4. The van der Waals surface area contributed by atoms with Crippen LogP contribution in [0.1, 0.15) is 35.9 Å². The van der Waals surface area contributed by atoms with E-state index in [9.17, 15) is 9.59 Å². The number of ether oxygens (including phenoxy) is 2. The van der Waals surface area contributed by atoms with E-state index in [1.54, 1.807) is 48.8 Å². The molecular weight excluding hydrogens is 563 g/mol. The number of thiazole rings is 1. The van der Waals surface area contributed by atoms with Gasteiger partial charge in [0, 0.05) is 26.0 Å². The summed E-state index contributed by atoms with van der Waals surface area (Å²) in [6.07, 6.45) is 1.74. The number of esters is 1. The molecule has 0 fully saturated rings. The molecule has 0 saturated carbocycles. The van der Waals surface area contributed by atoms with E-state index in [4.69, 9.17) is 32.7 Å². The van der Waals surface area contributed by atoms with Crippen LogP contribution in [0, 0.1) is 0 Å². The van der Waals surface area contributed by atoms with Gasteiger partial charge in [-0.3, -0.25) is 9.36 Å². The second-order valence-corrected chi connectivity index (χ2v) is 11.2. The number of rotatable bonds is 7. The molecule has 2 aromatic heterocycles. The minimum absolute atomic E-state index is 0.225. The van der Waals surface area contributed by atoms with Gasteiger partial charge in [-0.2, -0.15) is 0 Å². The van der Waals surface area contributed by atoms with Crippen LogP contribution in [-0.4, -0.2) is 17.1 Å². The lowest BCUT2D eigenvalue weighted by Crippen LogP contribution is -2.39. The average Bonchev–Trinajstić information content (AvgIpc) is 3.52. The Hall–Kier alpha value is -3.17. The summed E-state index contributed by atoms with van der Waals surface area (Å²) in [6.45, 7) is 3.99. The molecule has 0 amide bonds. The number of benzene rings is 2. The quantitative estimate of drug-likeness (QED) is 0.259. The molecule has 1 aliphatic rings. The smallest absolute Gasteiger partial charge is 0.338 e. The van der Waals surface area contributed by atoms with Gasteiger partial charge in [-0.1, -0.05) is 58.8 Å². The topological polar surface area (TPSA) is 69.9 Å². The molecule has 0 N–H and O–H groups in total. The third-order valence-corrected chi connectivity index (χ3v) is 8.44. The third kappa shape index (κ3) is 5.22. The predicted octanol–water partition coefficient (Wildman–Crippen LogP) is 5.75. The van der Waals surface area contributed by atoms with Crippen molar-refractivity contribution < 1.29 is 14.3 Å². The van der Waals surface area contributed by atoms with Gasteiger partial charge in [0.25, 0.3) is 5.56 Å². The molecular formula is C28H22Cl2N2O4S2. The maximum Gasteiger partial charge on any atom is 0.338 e. The molecule has 10 heteroatoms. The summed E-state index contributed by atoms with van der Waals surface area (Å²) in [4.78, 5) is 32.7. The summed E-state index contributed by atoms with van der Waals surface area (Å²) in [6, 6.07) is 15.9. The van der Waals surface area contributed by atoms with Crippen molar-refractivity contribution in [3.63, 3.8) is 0 Å². The standard InChI is InChI=1S/C28H22Cl2N2O4S2/c1-3-35-27(34)24-16(2)31-28-32(25(24)22-9-6-12-37-22)26(33)23(38-28)14-18-13-19(29)10-11-21(18)36-15-17-7-4-5-8-20(17)30/h4-14,25H,3,15H2,1-2H3/b23-14-/t25-/m1/s1. The van der Waals surface area contributed by atoms with E-state index >= 15 is 0 Å². The van der Waals surface area contributed by atoms with E-state index < -0.39 is 12.0 Å². The van der Waals surface area contributed by atoms with Crippen molar-refractivity contribution in [3.05, 3.63) is 117 Å². The normalized spacial score (nSPS) is 15.3. The molecule has 38 heavy (non-hydrogen) atoms. The van der Waals surface area contributed by atoms with Crippen molar-refractivity contribution in [1.29, 1.82) is 0 Å². The molecule has 1 aliphatic heterocycles. The molecule has 4 aromatic rings. The Labute approximate surface area is 236 Å². The summed E-state index contributed by atoms with van der Waals surface area (Å²) < 4.78 is 13.4. The van der Waals surface area contributed by atoms with Crippen molar-refractivity contribution in [1.82, 2.24) is 4.57 Å². The fraction of sp³-hybridized carbons (Fsp3) is 0.179. The number of allylic oxidation sites excluding steroid dienone is 1. The number of carbonyl (C=O) groups is 1. The van der Waals surface area contributed by atoms with Crippen LogP contribution in [0.25, 0.3) is 6.08 Å². The largest absolute Gasteiger partial charge is 0.488 e.